The molecule has 0 unspecified atom stereocenters. The Morgan fingerprint density at radius 3 is 2.13 bits per heavy atom. The lowest BCUT2D eigenvalue weighted by molar-refractivity contribution is -0.132. The van der Waals surface area contributed by atoms with Crippen molar-refractivity contribution in [2.24, 2.45) is 0 Å². The normalized spacial score (nSPS) is 15.2. The number of nitrogens with zero attached hydrogens (tertiary/aromatic N) is 2. The maximum Gasteiger partial charge on any atom is 0.243 e. The first-order valence-electron chi connectivity index (χ1n) is 10.3. The number of carbonyl (C=O) groups excluding carboxylic acids is 1. The average molecular weight is 431 g/mol. The Morgan fingerprint density at radius 1 is 0.933 bits per heavy atom. The van der Waals surface area contributed by atoms with Crippen LogP contribution in [0.2, 0.25) is 0 Å². The fourth-order valence-electron chi connectivity index (χ4n) is 3.62. The molecule has 0 radical (unpaired) electrons. The minimum Gasteiger partial charge on any atom is -0.493 e. The number of carbonyl (C=O) groups is 1. The first-order valence-corrected chi connectivity index (χ1v) is 11.8. The van der Waals surface area contributed by atoms with Gasteiger partial charge in [-0.25, -0.2) is 8.42 Å². The lowest BCUT2D eigenvalue weighted by Crippen LogP contribution is -2.50. The molecule has 0 atom stereocenters. The monoisotopic (exact) mass is 430 g/mol. The molecule has 1 saturated heterocycles. The number of sulfonamides is 1. The predicted molar refractivity (Wildman–Crippen MR) is 117 cm³/mol. The Bertz CT molecular complexity index is 959. The topological polar surface area (TPSA) is 66.9 Å². The van der Waals surface area contributed by atoms with Gasteiger partial charge >= 0.3 is 0 Å². The number of para-hydroxylation sites is 1. The lowest BCUT2D eigenvalue weighted by Gasteiger charge is -2.34. The van der Waals surface area contributed by atoms with Gasteiger partial charge in [-0.1, -0.05) is 35.9 Å². The number of ether oxygens (including phenoxy) is 1. The summed E-state index contributed by atoms with van der Waals surface area (Å²) in [6, 6.07) is 12.9. The molecule has 6 nitrogen and oxygen atoms in total. The van der Waals surface area contributed by atoms with Crippen LogP contribution in [0.15, 0.2) is 47.4 Å². The Hall–Kier alpha value is -2.38. The molecule has 1 fully saturated rings. The molecule has 2 aromatic carbocycles. The van der Waals surface area contributed by atoms with Crippen LogP contribution in [0, 0.1) is 20.8 Å². The molecule has 2 aromatic rings. The van der Waals surface area contributed by atoms with Crippen molar-refractivity contribution >= 4 is 15.9 Å². The van der Waals surface area contributed by atoms with Crippen molar-refractivity contribution in [3.8, 4) is 5.75 Å². The molecule has 1 amide bonds. The van der Waals surface area contributed by atoms with Crippen molar-refractivity contribution in [3.05, 3.63) is 59.2 Å². The van der Waals surface area contributed by atoms with Gasteiger partial charge in [-0.15, -0.1) is 0 Å². The molecule has 1 aliphatic rings. The van der Waals surface area contributed by atoms with Gasteiger partial charge in [-0.2, -0.15) is 4.31 Å². The van der Waals surface area contributed by atoms with Crippen molar-refractivity contribution in [2.45, 2.75) is 38.5 Å². The van der Waals surface area contributed by atoms with Gasteiger partial charge in [0.05, 0.1) is 11.5 Å². The summed E-state index contributed by atoms with van der Waals surface area (Å²) in [6.45, 7) is 7.91. The van der Waals surface area contributed by atoms with Gasteiger partial charge in [-0.05, 0) is 50.5 Å². The van der Waals surface area contributed by atoms with Crippen LogP contribution in [-0.2, 0) is 14.8 Å². The molecule has 1 aliphatic heterocycles. The van der Waals surface area contributed by atoms with E-state index in [4.69, 9.17) is 4.74 Å². The predicted octanol–water partition coefficient (Wildman–Crippen LogP) is 3.30. The zero-order valence-electron chi connectivity index (χ0n) is 17.9. The molecular formula is C23H30N2O4S. The molecule has 0 spiro atoms. The highest BCUT2D eigenvalue weighted by molar-refractivity contribution is 7.89. The van der Waals surface area contributed by atoms with Crippen molar-refractivity contribution in [3.63, 3.8) is 0 Å². The van der Waals surface area contributed by atoms with Crippen molar-refractivity contribution in [2.75, 3.05) is 32.8 Å². The van der Waals surface area contributed by atoms with Crippen LogP contribution in [0.4, 0.5) is 0 Å². The number of hydrogen-bond donors (Lipinski definition) is 0. The highest BCUT2D eigenvalue weighted by atomic mass is 32.2. The van der Waals surface area contributed by atoms with E-state index in [1.165, 1.54) is 4.31 Å². The average Bonchev–Trinajstić information content (AvgIpc) is 2.73. The molecule has 0 saturated carbocycles. The molecular weight excluding hydrogens is 400 g/mol. The van der Waals surface area contributed by atoms with E-state index >= 15 is 0 Å². The Labute approximate surface area is 179 Å². The molecule has 30 heavy (non-hydrogen) atoms. The summed E-state index contributed by atoms with van der Waals surface area (Å²) >= 11 is 0. The van der Waals surface area contributed by atoms with Crippen LogP contribution in [0.25, 0.3) is 0 Å². The highest BCUT2D eigenvalue weighted by Crippen LogP contribution is 2.23. The maximum absolute atomic E-state index is 12.8. The van der Waals surface area contributed by atoms with E-state index < -0.39 is 10.0 Å². The summed E-state index contributed by atoms with van der Waals surface area (Å²) in [4.78, 5) is 14.6. The van der Waals surface area contributed by atoms with Gasteiger partial charge in [-0.3, -0.25) is 4.79 Å². The van der Waals surface area contributed by atoms with Gasteiger partial charge in [0.2, 0.25) is 15.9 Å². The number of piperazine rings is 1. The highest BCUT2D eigenvalue weighted by Gasteiger charge is 2.29. The fraction of sp³-hybridized carbons (Fsp3) is 0.435. The van der Waals surface area contributed by atoms with Crippen molar-refractivity contribution in [1.29, 1.82) is 0 Å². The minimum atomic E-state index is -3.51. The summed E-state index contributed by atoms with van der Waals surface area (Å²) in [7, 11) is -3.51. The van der Waals surface area contributed by atoms with Gasteiger partial charge < -0.3 is 9.64 Å². The summed E-state index contributed by atoms with van der Waals surface area (Å²) in [5.74, 6) is 0.937. The van der Waals surface area contributed by atoms with E-state index in [9.17, 15) is 13.2 Å². The minimum absolute atomic E-state index is 0.0486. The quantitative estimate of drug-likeness (QED) is 0.632. The number of rotatable bonds is 7. The van der Waals surface area contributed by atoms with E-state index in [0.29, 0.717) is 50.5 Å². The molecule has 0 aromatic heterocycles. The summed E-state index contributed by atoms with van der Waals surface area (Å²) in [5, 5.41) is 0. The first kappa shape index (κ1) is 22.3. The molecule has 1 heterocycles. The molecule has 0 aliphatic carbocycles. The first-order chi connectivity index (χ1) is 14.3. The van der Waals surface area contributed by atoms with Crippen LogP contribution in [-0.4, -0.2) is 56.3 Å². The molecule has 3 rings (SSSR count). The molecule has 0 N–H and O–H groups in total. The van der Waals surface area contributed by atoms with Crippen LogP contribution in [0.3, 0.4) is 0 Å². The SMILES string of the molecule is Cc1ccc(S(=O)(=O)N2CCN(C(=O)CCCOc3c(C)cccc3C)CC2)cc1. The lowest BCUT2D eigenvalue weighted by atomic mass is 10.1. The Morgan fingerprint density at radius 2 is 1.53 bits per heavy atom. The fourth-order valence-corrected chi connectivity index (χ4v) is 5.04. The van der Waals surface area contributed by atoms with E-state index in [2.05, 4.69) is 0 Å². The third-order valence-corrected chi connectivity index (χ3v) is 7.35. The largest absolute Gasteiger partial charge is 0.493 e. The smallest absolute Gasteiger partial charge is 0.243 e. The molecule has 162 valence electrons. The van der Waals surface area contributed by atoms with E-state index in [-0.39, 0.29) is 5.91 Å². The zero-order valence-corrected chi connectivity index (χ0v) is 18.7. The second kappa shape index (κ2) is 9.62. The molecule has 7 heteroatoms. The Balaban J connectivity index is 1.45. The third kappa shape index (κ3) is 5.21. The van der Waals surface area contributed by atoms with Crippen LogP contribution in [0.5, 0.6) is 5.75 Å². The van der Waals surface area contributed by atoms with E-state index in [0.717, 1.165) is 22.4 Å². The van der Waals surface area contributed by atoms with Crippen molar-refractivity contribution in [1.82, 2.24) is 9.21 Å². The summed E-state index contributed by atoms with van der Waals surface area (Å²) in [6.07, 6.45) is 1.03. The van der Waals surface area contributed by atoms with Gasteiger partial charge in [0.1, 0.15) is 5.75 Å². The maximum atomic E-state index is 12.8. The number of aryl methyl sites for hydroxylation is 3. The van der Waals surface area contributed by atoms with E-state index in [1.807, 2.05) is 39.0 Å². The van der Waals surface area contributed by atoms with Gasteiger partial charge in [0.15, 0.2) is 0 Å². The van der Waals surface area contributed by atoms with Crippen molar-refractivity contribution < 1.29 is 17.9 Å². The van der Waals surface area contributed by atoms with Gasteiger partial charge in [0, 0.05) is 32.6 Å². The number of amides is 1. The van der Waals surface area contributed by atoms with Gasteiger partial charge in [0.25, 0.3) is 0 Å². The van der Waals surface area contributed by atoms with Crippen LogP contribution < -0.4 is 4.74 Å². The standard InChI is InChI=1S/C23H30N2O4S/c1-18-9-11-21(12-10-18)30(27,28)25-15-13-24(14-16-25)22(26)8-5-17-29-23-19(2)6-4-7-20(23)3/h4,6-7,9-12H,5,8,13-17H2,1-3H3. The number of hydrogen-bond acceptors (Lipinski definition) is 4. The van der Waals surface area contributed by atoms with Crippen LogP contribution in [0.1, 0.15) is 29.5 Å². The number of benzene rings is 2. The second-order valence-electron chi connectivity index (χ2n) is 7.77. The summed E-state index contributed by atoms with van der Waals surface area (Å²) in [5.41, 5.74) is 3.20. The summed E-state index contributed by atoms with van der Waals surface area (Å²) < 4.78 is 32.9. The second-order valence-corrected chi connectivity index (χ2v) is 9.71. The zero-order chi connectivity index (χ0) is 21.7. The third-order valence-electron chi connectivity index (χ3n) is 5.44. The van der Waals surface area contributed by atoms with Crippen LogP contribution >= 0.6 is 0 Å². The Kier molecular flexibility index (Phi) is 7.15. The van der Waals surface area contributed by atoms with E-state index in [1.54, 1.807) is 29.2 Å². The molecule has 0 bridgehead atoms.